The Balaban J connectivity index is 2.05. The molecule has 1 heterocycles. The van der Waals surface area contributed by atoms with E-state index in [1.165, 1.54) is 5.56 Å². The molecule has 3 heteroatoms. The molecule has 1 fully saturated rings. The van der Waals surface area contributed by atoms with Gasteiger partial charge in [-0.2, -0.15) is 0 Å². The van der Waals surface area contributed by atoms with Crippen LogP contribution in [0, 0.1) is 0 Å². The van der Waals surface area contributed by atoms with Crippen LogP contribution in [0.1, 0.15) is 37.8 Å². The molecule has 1 aliphatic heterocycles. The van der Waals surface area contributed by atoms with E-state index in [-0.39, 0.29) is 5.54 Å². The third-order valence-corrected chi connectivity index (χ3v) is 3.88. The zero-order valence-electron chi connectivity index (χ0n) is 11.2. The zero-order chi connectivity index (χ0) is 12.8. The molecule has 0 saturated carbocycles. The van der Waals surface area contributed by atoms with Crippen LogP contribution in [0.3, 0.4) is 0 Å². The van der Waals surface area contributed by atoms with Crippen molar-refractivity contribution in [3.63, 3.8) is 0 Å². The van der Waals surface area contributed by atoms with Crippen molar-refractivity contribution in [1.82, 2.24) is 5.32 Å². The lowest BCUT2D eigenvalue weighted by Crippen LogP contribution is -2.52. The van der Waals surface area contributed by atoms with Gasteiger partial charge in [-0.1, -0.05) is 30.3 Å². The summed E-state index contributed by atoms with van der Waals surface area (Å²) < 4.78 is 5.54. The third kappa shape index (κ3) is 3.31. The molecule has 0 bridgehead atoms. The molecule has 2 atom stereocenters. The Morgan fingerprint density at radius 2 is 2.06 bits per heavy atom. The van der Waals surface area contributed by atoms with Crippen molar-refractivity contribution >= 4 is 0 Å². The fraction of sp³-hybridized carbons (Fsp3) is 0.600. The van der Waals surface area contributed by atoms with Crippen LogP contribution in [0.15, 0.2) is 30.3 Å². The first kappa shape index (κ1) is 13.5. The molecule has 1 aromatic carbocycles. The number of hydrogen-bond acceptors (Lipinski definition) is 3. The molecule has 0 radical (unpaired) electrons. The van der Waals surface area contributed by atoms with Gasteiger partial charge in [0.25, 0.3) is 0 Å². The molecule has 3 nitrogen and oxygen atoms in total. The monoisotopic (exact) mass is 248 g/mol. The standard InChI is InChI=1S/C15H24N2O/c1-13(14-6-3-2-4-7-14)17-15(12-16)8-5-10-18-11-9-15/h2-4,6-7,13,17H,5,8-12,16H2,1H3. The predicted molar refractivity (Wildman–Crippen MR) is 74.4 cm³/mol. The summed E-state index contributed by atoms with van der Waals surface area (Å²) in [5.41, 5.74) is 7.36. The van der Waals surface area contributed by atoms with Crippen molar-refractivity contribution in [3.8, 4) is 0 Å². The van der Waals surface area contributed by atoms with Gasteiger partial charge in [0.1, 0.15) is 0 Å². The van der Waals surface area contributed by atoms with Crippen molar-refractivity contribution in [2.24, 2.45) is 5.73 Å². The summed E-state index contributed by atoms with van der Waals surface area (Å²) >= 11 is 0. The van der Waals surface area contributed by atoms with E-state index in [0.29, 0.717) is 12.6 Å². The van der Waals surface area contributed by atoms with Gasteiger partial charge in [0.2, 0.25) is 0 Å². The average molecular weight is 248 g/mol. The summed E-state index contributed by atoms with van der Waals surface area (Å²) in [6, 6.07) is 10.9. The fourth-order valence-corrected chi connectivity index (χ4v) is 2.70. The van der Waals surface area contributed by atoms with E-state index < -0.39 is 0 Å². The van der Waals surface area contributed by atoms with Crippen LogP contribution in [0.25, 0.3) is 0 Å². The molecule has 2 rings (SSSR count). The van der Waals surface area contributed by atoms with E-state index in [4.69, 9.17) is 10.5 Å². The van der Waals surface area contributed by atoms with Gasteiger partial charge in [0.05, 0.1) is 0 Å². The maximum absolute atomic E-state index is 6.02. The lowest BCUT2D eigenvalue weighted by atomic mass is 9.89. The summed E-state index contributed by atoms with van der Waals surface area (Å²) in [6.07, 6.45) is 3.19. The minimum Gasteiger partial charge on any atom is -0.381 e. The SMILES string of the molecule is CC(NC1(CN)CCCOCC1)c1ccccc1. The van der Waals surface area contributed by atoms with Crippen molar-refractivity contribution in [3.05, 3.63) is 35.9 Å². The fourth-order valence-electron chi connectivity index (χ4n) is 2.70. The second-order valence-corrected chi connectivity index (χ2v) is 5.23. The smallest absolute Gasteiger partial charge is 0.0484 e. The van der Waals surface area contributed by atoms with E-state index in [1.54, 1.807) is 0 Å². The highest BCUT2D eigenvalue weighted by molar-refractivity contribution is 5.18. The summed E-state index contributed by atoms with van der Waals surface area (Å²) in [5.74, 6) is 0. The van der Waals surface area contributed by atoms with Gasteiger partial charge in [-0.15, -0.1) is 0 Å². The normalized spacial score (nSPS) is 26.6. The van der Waals surface area contributed by atoms with Gasteiger partial charge in [-0.3, -0.25) is 0 Å². The summed E-state index contributed by atoms with van der Waals surface area (Å²) in [5, 5.41) is 3.73. The Labute approximate surface area is 110 Å². The number of hydrogen-bond donors (Lipinski definition) is 2. The zero-order valence-corrected chi connectivity index (χ0v) is 11.2. The molecule has 0 amide bonds. The second kappa shape index (κ2) is 6.32. The molecule has 0 aliphatic carbocycles. The first-order valence-corrected chi connectivity index (χ1v) is 6.86. The minimum atomic E-state index is 0.0335. The highest BCUT2D eigenvalue weighted by Crippen LogP contribution is 2.24. The van der Waals surface area contributed by atoms with E-state index in [0.717, 1.165) is 32.5 Å². The predicted octanol–water partition coefficient (Wildman–Crippen LogP) is 2.24. The van der Waals surface area contributed by atoms with Gasteiger partial charge < -0.3 is 15.8 Å². The summed E-state index contributed by atoms with van der Waals surface area (Å²) in [4.78, 5) is 0. The van der Waals surface area contributed by atoms with Crippen LogP contribution >= 0.6 is 0 Å². The Morgan fingerprint density at radius 1 is 1.28 bits per heavy atom. The number of nitrogens with two attached hydrogens (primary N) is 1. The van der Waals surface area contributed by atoms with E-state index in [1.807, 2.05) is 0 Å². The lowest BCUT2D eigenvalue weighted by molar-refractivity contribution is 0.135. The molecule has 1 aromatic rings. The molecule has 1 aliphatic rings. The van der Waals surface area contributed by atoms with Crippen molar-refractivity contribution < 1.29 is 4.74 Å². The largest absolute Gasteiger partial charge is 0.381 e. The third-order valence-electron chi connectivity index (χ3n) is 3.88. The molecular weight excluding hydrogens is 224 g/mol. The van der Waals surface area contributed by atoms with Gasteiger partial charge >= 0.3 is 0 Å². The minimum absolute atomic E-state index is 0.0335. The lowest BCUT2D eigenvalue weighted by Gasteiger charge is -2.35. The van der Waals surface area contributed by atoms with E-state index in [9.17, 15) is 0 Å². The van der Waals surface area contributed by atoms with Crippen molar-refractivity contribution in [2.45, 2.75) is 37.8 Å². The highest BCUT2D eigenvalue weighted by Gasteiger charge is 2.31. The molecule has 2 unspecified atom stereocenters. The van der Waals surface area contributed by atoms with Crippen LogP contribution in [0.4, 0.5) is 0 Å². The average Bonchev–Trinajstić information content (AvgIpc) is 2.66. The highest BCUT2D eigenvalue weighted by atomic mass is 16.5. The van der Waals surface area contributed by atoms with Crippen LogP contribution in [0.2, 0.25) is 0 Å². The number of rotatable bonds is 4. The van der Waals surface area contributed by atoms with Gasteiger partial charge in [-0.25, -0.2) is 0 Å². The molecule has 100 valence electrons. The topological polar surface area (TPSA) is 47.3 Å². The molecule has 0 spiro atoms. The molecule has 18 heavy (non-hydrogen) atoms. The van der Waals surface area contributed by atoms with E-state index >= 15 is 0 Å². The number of nitrogens with one attached hydrogen (secondary N) is 1. The molecule has 0 aromatic heterocycles. The Hall–Kier alpha value is -0.900. The van der Waals surface area contributed by atoms with Gasteiger partial charge in [0.15, 0.2) is 0 Å². The van der Waals surface area contributed by atoms with Crippen LogP contribution in [0.5, 0.6) is 0 Å². The van der Waals surface area contributed by atoms with Crippen LogP contribution < -0.4 is 11.1 Å². The quantitative estimate of drug-likeness (QED) is 0.859. The molecule has 3 N–H and O–H groups in total. The number of benzene rings is 1. The van der Waals surface area contributed by atoms with Gasteiger partial charge in [0, 0.05) is 31.3 Å². The number of ether oxygens (including phenoxy) is 1. The van der Waals surface area contributed by atoms with Crippen LogP contribution in [-0.2, 0) is 4.74 Å². The molecular formula is C15H24N2O. The molecule has 1 saturated heterocycles. The Kier molecular flexibility index (Phi) is 4.75. The summed E-state index contributed by atoms with van der Waals surface area (Å²) in [6.45, 7) is 4.56. The first-order chi connectivity index (χ1) is 8.76. The van der Waals surface area contributed by atoms with Gasteiger partial charge in [-0.05, 0) is 31.7 Å². The van der Waals surface area contributed by atoms with Crippen molar-refractivity contribution in [1.29, 1.82) is 0 Å². The second-order valence-electron chi connectivity index (χ2n) is 5.23. The maximum Gasteiger partial charge on any atom is 0.0484 e. The summed E-state index contributed by atoms with van der Waals surface area (Å²) in [7, 11) is 0. The maximum atomic E-state index is 6.02. The Morgan fingerprint density at radius 3 is 2.78 bits per heavy atom. The first-order valence-electron chi connectivity index (χ1n) is 6.86. The van der Waals surface area contributed by atoms with Crippen LogP contribution in [-0.4, -0.2) is 25.3 Å². The van der Waals surface area contributed by atoms with E-state index in [2.05, 4.69) is 42.6 Å². The van der Waals surface area contributed by atoms with Crippen molar-refractivity contribution in [2.75, 3.05) is 19.8 Å². The Bertz CT molecular complexity index is 345.